The summed E-state index contributed by atoms with van der Waals surface area (Å²) in [5.41, 5.74) is 1.50. The monoisotopic (exact) mass is 421 g/mol. The number of hydrogen-bond acceptors (Lipinski definition) is 2. The largest absolute Gasteiger partial charge is 0.478 e. The van der Waals surface area contributed by atoms with E-state index in [1.165, 1.54) is 29.2 Å². The van der Waals surface area contributed by atoms with E-state index in [-0.39, 0.29) is 28.6 Å². The summed E-state index contributed by atoms with van der Waals surface area (Å²) in [5, 5.41) is 9.39. The Labute approximate surface area is 156 Å². The molecule has 3 rings (SSSR count). The molecule has 2 aromatic carbocycles. The van der Waals surface area contributed by atoms with Gasteiger partial charge in [-0.15, -0.1) is 0 Å². The highest BCUT2D eigenvalue weighted by Crippen LogP contribution is 2.39. The van der Waals surface area contributed by atoms with Crippen molar-refractivity contribution in [2.45, 2.75) is 19.9 Å². The average Bonchev–Trinajstić information content (AvgIpc) is 2.68. The van der Waals surface area contributed by atoms with Gasteiger partial charge in [0, 0.05) is 10.0 Å². The van der Waals surface area contributed by atoms with Crippen molar-refractivity contribution in [3.05, 3.63) is 70.3 Å². The van der Waals surface area contributed by atoms with Crippen molar-refractivity contribution in [2.75, 3.05) is 4.90 Å². The molecule has 0 saturated heterocycles. The Morgan fingerprint density at radius 2 is 1.96 bits per heavy atom. The molecule has 0 saturated carbocycles. The molecule has 0 aliphatic carbocycles. The molecule has 1 aliphatic heterocycles. The summed E-state index contributed by atoms with van der Waals surface area (Å²) < 4.78 is 27.7. The van der Waals surface area contributed by atoms with Crippen LogP contribution in [0.5, 0.6) is 0 Å². The van der Waals surface area contributed by atoms with Gasteiger partial charge in [0.25, 0.3) is 0 Å². The Balaban J connectivity index is 2.10. The second-order valence-electron chi connectivity index (χ2n) is 6.00. The second-order valence-corrected chi connectivity index (χ2v) is 6.79. The number of fused-ring (bicyclic) bond motifs is 1. The molecule has 0 radical (unpaired) electrons. The van der Waals surface area contributed by atoms with Crippen LogP contribution in [0.4, 0.5) is 14.5 Å². The van der Waals surface area contributed by atoms with E-state index in [0.717, 1.165) is 0 Å². The van der Waals surface area contributed by atoms with Crippen LogP contribution in [0.2, 0.25) is 0 Å². The van der Waals surface area contributed by atoms with Crippen LogP contribution in [0.15, 0.2) is 42.0 Å². The van der Waals surface area contributed by atoms with Crippen LogP contribution >= 0.6 is 15.9 Å². The number of nitrogens with zero attached hydrogens (tertiary/aromatic N) is 1. The summed E-state index contributed by atoms with van der Waals surface area (Å²) in [4.78, 5) is 25.5. The zero-order chi connectivity index (χ0) is 19.0. The predicted molar refractivity (Wildman–Crippen MR) is 96.8 cm³/mol. The second kappa shape index (κ2) is 6.99. The molecule has 1 N–H and O–H groups in total. The van der Waals surface area contributed by atoms with Crippen LogP contribution in [0.3, 0.4) is 0 Å². The minimum absolute atomic E-state index is 0.0435. The lowest BCUT2D eigenvalue weighted by Gasteiger charge is -2.23. The highest BCUT2D eigenvalue weighted by Gasteiger charge is 2.30. The molecule has 0 atom stereocenters. The van der Waals surface area contributed by atoms with E-state index in [1.54, 1.807) is 19.1 Å². The van der Waals surface area contributed by atoms with Gasteiger partial charge in [0.2, 0.25) is 5.91 Å². The van der Waals surface area contributed by atoms with Crippen LogP contribution in [0.25, 0.3) is 4.48 Å². The molecule has 1 heterocycles. The van der Waals surface area contributed by atoms with Gasteiger partial charge in [-0.1, -0.05) is 12.1 Å². The van der Waals surface area contributed by atoms with E-state index in [9.17, 15) is 23.5 Å². The Kier molecular flexibility index (Phi) is 4.91. The highest BCUT2D eigenvalue weighted by molar-refractivity contribution is 9.15. The normalized spacial score (nSPS) is 14.3. The third-order valence-corrected chi connectivity index (χ3v) is 5.12. The molecule has 1 amide bonds. The van der Waals surface area contributed by atoms with Crippen LogP contribution in [-0.4, -0.2) is 17.0 Å². The van der Waals surface area contributed by atoms with Gasteiger partial charge in [-0.2, -0.15) is 0 Å². The van der Waals surface area contributed by atoms with Crippen molar-refractivity contribution in [3.63, 3.8) is 0 Å². The molecular weight excluding hydrogens is 408 g/mol. The van der Waals surface area contributed by atoms with Gasteiger partial charge >= 0.3 is 5.97 Å². The van der Waals surface area contributed by atoms with E-state index in [0.29, 0.717) is 16.8 Å². The van der Waals surface area contributed by atoms with Crippen molar-refractivity contribution in [2.24, 2.45) is 0 Å². The number of anilines is 1. The fourth-order valence-corrected chi connectivity index (χ4v) is 3.43. The van der Waals surface area contributed by atoms with E-state index in [2.05, 4.69) is 15.9 Å². The summed E-state index contributed by atoms with van der Waals surface area (Å²) in [6.45, 7) is 1.68. The molecule has 0 fully saturated rings. The molecule has 26 heavy (non-hydrogen) atoms. The standard InChI is InChI=1S/C19H14BrF2NO3/c1-10-2-3-11(6-15(10)22)9-23-16-5-4-12(21)7-13(16)18(20)14(19(25)26)8-17(23)24/h2-7H,8-9H2,1H3,(H,25,26). The molecule has 0 aromatic heterocycles. The summed E-state index contributed by atoms with van der Waals surface area (Å²) in [6, 6.07) is 8.41. The zero-order valence-electron chi connectivity index (χ0n) is 13.7. The van der Waals surface area contributed by atoms with E-state index in [1.807, 2.05) is 0 Å². The van der Waals surface area contributed by atoms with E-state index >= 15 is 0 Å². The first-order chi connectivity index (χ1) is 12.3. The first-order valence-electron chi connectivity index (χ1n) is 7.75. The first-order valence-corrected chi connectivity index (χ1v) is 8.54. The van der Waals surface area contributed by atoms with E-state index in [4.69, 9.17) is 0 Å². The molecule has 0 unspecified atom stereocenters. The number of hydrogen-bond donors (Lipinski definition) is 1. The zero-order valence-corrected chi connectivity index (χ0v) is 15.3. The van der Waals surface area contributed by atoms with Gasteiger partial charge in [-0.3, -0.25) is 4.79 Å². The predicted octanol–water partition coefficient (Wildman–Crippen LogP) is 4.40. The lowest BCUT2D eigenvalue weighted by atomic mass is 10.1. The SMILES string of the molecule is Cc1ccc(CN2C(=O)CC(C(=O)O)=C(Br)c3cc(F)ccc32)cc1F. The number of benzene rings is 2. The van der Waals surface area contributed by atoms with Crippen molar-refractivity contribution in [3.8, 4) is 0 Å². The Bertz CT molecular complexity index is 956. The summed E-state index contributed by atoms with van der Waals surface area (Å²) in [5.74, 6) is -2.68. The fraction of sp³-hybridized carbons (Fsp3) is 0.158. The average molecular weight is 422 g/mol. The van der Waals surface area contributed by atoms with Crippen LogP contribution in [0.1, 0.15) is 23.1 Å². The first kappa shape index (κ1) is 18.3. The van der Waals surface area contributed by atoms with Gasteiger partial charge in [0.05, 0.1) is 24.2 Å². The molecule has 7 heteroatoms. The van der Waals surface area contributed by atoms with Crippen LogP contribution < -0.4 is 4.90 Å². The maximum absolute atomic E-state index is 13.8. The molecule has 1 aliphatic rings. The highest BCUT2D eigenvalue weighted by atomic mass is 79.9. The molecule has 134 valence electrons. The summed E-state index contributed by atoms with van der Waals surface area (Å²) in [7, 11) is 0. The van der Waals surface area contributed by atoms with Crippen molar-refractivity contribution in [1.29, 1.82) is 0 Å². The number of aryl methyl sites for hydroxylation is 1. The van der Waals surface area contributed by atoms with Gasteiger partial charge in [0.1, 0.15) is 11.6 Å². The minimum atomic E-state index is -1.26. The molecule has 4 nitrogen and oxygen atoms in total. The summed E-state index contributed by atoms with van der Waals surface area (Å²) >= 11 is 3.19. The minimum Gasteiger partial charge on any atom is -0.478 e. The van der Waals surface area contributed by atoms with Gasteiger partial charge in [-0.25, -0.2) is 13.6 Å². The Hall–Kier alpha value is -2.54. The lowest BCUT2D eigenvalue weighted by molar-refractivity contribution is -0.133. The smallest absolute Gasteiger partial charge is 0.333 e. The van der Waals surface area contributed by atoms with Gasteiger partial charge in [-0.05, 0) is 58.2 Å². The third kappa shape index (κ3) is 3.39. The van der Waals surface area contributed by atoms with Crippen molar-refractivity contribution in [1.82, 2.24) is 0 Å². The van der Waals surface area contributed by atoms with Crippen LogP contribution in [0, 0.1) is 18.6 Å². The van der Waals surface area contributed by atoms with Crippen molar-refractivity contribution < 1.29 is 23.5 Å². The molecule has 0 bridgehead atoms. The number of carboxylic acids is 1. The number of carboxylic acid groups (broad SMARTS) is 1. The Morgan fingerprint density at radius 3 is 2.62 bits per heavy atom. The Morgan fingerprint density at radius 1 is 1.23 bits per heavy atom. The maximum Gasteiger partial charge on any atom is 0.333 e. The topological polar surface area (TPSA) is 57.6 Å². The summed E-state index contributed by atoms with van der Waals surface area (Å²) in [6.07, 6.45) is -0.361. The van der Waals surface area contributed by atoms with E-state index < -0.39 is 23.5 Å². The number of carbonyl (C=O) groups excluding carboxylic acids is 1. The van der Waals surface area contributed by atoms with Crippen LogP contribution in [-0.2, 0) is 16.1 Å². The lowest BCUT2D eigenvalue weighted by Crippen LogP contribution is -2.30. The molecular formula is C19H14BrF2NO3. The third-order valence-electron chi connectivity index (χ3n) is 4.21. The van der Waals surface area contributed by atoms with Crippen molar-refractivity contribution >= 4 is 38.0 Å². The molecule has 0 spiro atoms. The number of carbonyl (C=O) groups is 2. The number of aliphatic carboxylic acids is 1. The number of rotatable bonds is 3. The number of amides is 1. The maximum atomic E-state index is 13.8. The quantitative estimate of drug-likeness (QED) is 0.798. The molecule has 2 aromatic rings. The number of halogens is 3. The van der Waals surface area contributed by atoms with Gasteiger partial charge < -0.3 is 10.0 Å². The van der Waals surface area contributed by atoms with Gasteiger partial charge in [0.15, 0.2) is 0 Å². The fourth-order valence-electron chi connectivity index (χ4n) is 2.80.